The van der Waals surface area contributed by atoms with E-state index in [9.17, 15) is 4.79 Å². The van der Waals surface area contributed by atoms with Crippen molar-refractivity contribution < 1.29 is 14.3 Å². The molecule has 5 heteroatoms. The maximum atomic E-state index is 12.9. The molecule has 1 aliphatic rings. The van der Waals surface area contributed by atoms with E-state index in [1.807, 2.05) is 37.3 Å². The van der Waals surface area contributed by atoms with Crippen LogP contribution in [-0.2, 0) is 19.4 Å². The number of hydrogen-bond acceptors (Lipinski definition) is 3. The van der Waals surface area contributed by atoms with Gasteiger partial charge < -0.3 is 19.8 Å². The minimum absolute atomic E-state index is 0.0722. The zero-order chi connectivity index (χ0) is 19.5. The van der Waals surface area contributed by atoms with Crippen molar-refractivity contribution in [3.63, 3.8) is 0 Å². The third kappa shape index (κ3) is 3.44. The standard InChI is InChI=1S/C23H26N2O3/c1-3-28-20-12-11-15(13-21(20)27-2)14-24-23(26)18-9-6-8-17-16-7-4-5-10-19(16)25-22(17)18/h6,8-9,11-13,25H,3-5,7,10,14H2,1-2H3,(H,24,26). The summed E-state index contributed by atoms with van der Waals surface area (Å²) in [5.74, 6) is 1.31. The Morgan fingerprint density at radius 3 is 2.82 bits per heavy atom. The van der Waals surface area contributed by atoms with Crippen LogP contribution in [0.1, 0.15) is 46.9 Å². The van der Waals surface area contributed by atoms with E-state index in [1.165, 1.54) is 29.5 Å². The predicted molar refractivity (Wildman–Crippen MR) is 110 cm³/mol. The van der Waals surface area contributed by atoms with Crippen molar-refractivity contribution in [2.75, 3.05) is 13.7 Å². The van der Waals surface area contributed by atoms with Crippen LogP contribution in [0.25, 0.3) is 10.9 Å². The summed E-state index contributed by atoms with van der Waals surface area (Å²) >= 11 is 0. The summed E-state index contributed by atoms with van der Waals surface area (Å²) in [6.45, 7) is 2.95. The molecule has 1 aromatic heterocycles. The molecule has 0 bridgehead atoms. The van der Waals surface area contributed by atoms with Gasteiger partial charge in [0.25, 0.3) is 5.91 Å². The fourth-order valence-corrected chi connectivity index (χ4v) is 3.99. The smallest absolute Gasteiger partial charge is 0.253 e. The van der Waals surface area contributed by atoms with Crippen LogP contribution in [0.3, 0.4) is 0 Å². The number of para-hydroxylation sites is 1. The Morgan fingerprint density at radius 1 is 1.14 bits per heavy atom. The van der Waals surface area contributed by atoms with Crippen molar-refractivity contribution in [3.8, 4) is 11.5 Å². The molecule has 0 fully saturated rings. The van der Waals surface area contributed by atoms with Gasteiger partial charge in [0.1, 0.15) is 0 Å². The lowest BCUT2D eigenvalue weighted by molar-refractivity contribution is 0.0952. The number of rotatable bonds is 6. The molecule has 146 valence electrons. The molecule has 0 atom stereocenters. The first-order valence-electron chi connectivity index (χ1n) is 9.91. The maximum Gasteiger partial charge on any atom is 0.253 e. The SMILES string of the molecule is CCOc1ccc(CNC(=O)c2cccc3c4c([nH]c23)CCCC4)cc1OC. The molecule has 2 aromatic carbocycles. The van der Waals surface area contributed by atoms with Gasteiger partial charge in [-0.1, -0.05) is 18.2 Å². The van der Waals surface area contributed by atoms with Crippen molar-refractivity contribution in [3.05, 3.63) is 58.8 Å². The second-order valence-electron chi connectivity index (χ2n) is 7.12. The molecular weight excluding hydrogens is 352 g/mol. The molecule has 3 aromatic rings. The molecule has 2 N–H and O–H groups in total. The number of fused-ring (bicyclic) bond motifs is 3. The van der Waals surface area contributed by atoms with Crippen LogP contribution < -0.4 is 14.8 Å². The van der Waals surface area contributed by atoms with Crippen molar-refractivity contribution in [1.29, 1.82) is 0 Å². The fraction of sp³-hybridized carbons (Fsp3) is 0.348. The van der Waals surface area contributed by atoms with E-state index in [1.54, 1.807) is 7.11 Å². The highest BCUT2D eigenvalue weighted by Gasteiger charge is 2.19. The van der Waals surface area contributed by atoms with E-state index in [4.69, 9.17) is 9.47 Å². The Bertz CT molecular complexity index is 1010. The minimum atomic E-state index is -0.0722. The molecule has 0 spiro atoms. The van der Waals surface area contributed by atoms with Gasteiger partial charge in [0.15, 0.2) is 11.5 Å². The molecule has 1 heterocycles. The second kappa shape index (κ2) is 7.97. The van der Waals surface area contributed by atoms with Crippen molar-refractivity contribution in [2.24, 2.45) is 0 Å². The molecule has 0 radical (unpaired) electrons. The predicted octanol–water partition coefficient (Wildman–Crippen LogP) is 4.38. The summed E-state index contributed by atoms with van der Waals surface area (Å²) < 4.78 is 10.9. The van der Waals surface area contributed by atoms with E-state index in [0.717, 1.165) is 23.9 Å². The Hall–Kier alpha value is -2.95. The number of amides is 1. The van der Waals surface area contributed by atoms with Crippen LogP contribution in [0.15, 0.2) is 36.4 Å². The summed E-state index contributed by atoms with van der Waals surface area (Å²) in [4.78, 5) is 16.4. The molecule has 1 aliphatic carbocycles. The number of hydrogen-bond donors (Lipinski definition) is 2. The number of aryl methyl sites for hydroxylation is 2. The normalized spacial score (nSPS) is 13.2. The van der Waals surface area contributed by atoms with Crippen molar-refractivity contribution in [2.45, 2.75) is 39.2 Å². The average Bonchev–Trinajstić information content (AvgIpc) is 3.11. The highest BCUT2D eigenvalue weighted by atomic mass is 16.5. The molecule has 1 amide bonds. The number of nitrogens with one attached hydrogen (secondary N) is 2. The first-order chi connectivity index (χ1) is 13.7. The lowest BCUT2D eigenvalue weighted by Crippen LogP contribution is -2.23. The number of ether oxygens (including phenoxy) is 2. The number of aromatic nitrogens is 1. The summed E-state index contributed by atoms with van der Waals surface area (Å²) in [6, 6.07) is 11.7. The number of methoxy groups -OCH3 is 1. The summed E-state index contributed by atoms with van der Waals surface area (Å²) in [6.07, 6.45) is 4.58. The molecule has 0 saturated carbocycles. The van der Waals surface area contributed by atoms with Gasteiger partial charge in [-0.3, -0.25) is 4.79 Å². The van der Waals surface area contributed by atoms with Crippen LogP contribution in [0.4, 0.5) is 0 Å². The van der Waals surface area contributed by atoms with Crippen molar-refractivity contribution >= 4 is 16.8 Å². The average molecular weight is 378 g/mol. The maximum absolute atomic E-state index is 12.9. The molecule has 28 heavy (non-hydrogen) atoms. The molecule has 0 saturated heterocycles. The number of carbonyl (C=O) groups is 1. The number of H-pyrrole nitrogens is 1. The van der Waals surface area contributed by atoms with Crippen molar-refractivity contribution in [1.82, 2.24) is 10.3 Å². The molecule has 0 unspecified atom stereocenters. The van der Waals surface area contributed by atoms with Gasteiger partial charge in [0, 0.05) is 17.6 Å². The van der Waals surface area contributed by atoms with Gasteiger partial charge in [-0.25, -0.2) is 0 Å². The Balaban J connectivity index is 1.54. The summed E-state index contributed by atoms with van der Waals surface area (Å²) in [7, 11) is 1.62. The lowest BCUT2D eigenvalue weighted by Gasteiger charge is -2.12. The summed E-state index contributed by atoms with van der Waals surface area (Å²) in [5.41, 5.74) is 5.29. The highest BCUT2D eigenvalue weighted by Crippen LogP contribution is 2.31. The molecular formula is C23H26N2O3. The topological polar surface area (TPSA) is 63.3 Å². The zero-order valence-electron chi connectivity index (χ0n) is 16.4. The third-order valence-electron chi connectivity index (χ3n) is 5.36. The fourth-order valence-electron chi connectivity index (χ4n) is 3.99. The van der Waals surface area contributed by atoms with E-state index in [0.29, 0.717) is 30.2 Å². The number of benzene rings is 2. The first-order valence-corrected chi connectivity index (χ1v) is 9.91. The highest BCUT2D eigenvalue weighted by molar-refractivity contribution is 6.06. The van der Waals surface area contributed by atoms with Gasteiger partial charge in [0.2, 0.25) is 0 Å². The lowest BCUT2D eigenvalue weighted by atomic mass is 9.95. The monoisotopic (exact) mass is 378 g/mol. The Kier molecular flexibility index (Phi) is 5.24. The number of aromatic amines is 1. The van der Waals surface area contributed by atoms with Gasteiger partial charge in [-0.15, -0.1) is 0 Å². The van der Waals surface area contributed by atoms with Gasteiger partial charge >= 0.3 is 0 Å². The van der Waals surface area contributed by atoms with E-state index >= 15 is 0 Å². The van der Waals surface area contributed by atoms with Crippen LogP contribution >= 0.6 is 0 Å². The minimum Gasteiger partial charge on any atom is -0.493 e. The third-order valence-corrected chi connectivity index (χ3v) is 5.36. The van der Waals surface area contributed by atoms with Crippen LogP contribution in [-0.4, -0.2) is 24.6 Å². The van der Waals surface area contributed by atoms with E-state index < -0.39 is 0 Å². The zero-order valence-corrected chi connectivity index (χ0v) is 16.4. The Labute approximate surface area is 165 Å². The molecule has 0 aliphatic heterocycles. The van der Waals surface area contributed by atoms with Crippen LogP contribution in [0.2, 0.25) is 0 Å². The van der Waals surface area contributed by atoms with Gasteiger partial charge in [-0.2, -0.15) is 0 Å². The Morgan fingerprint density at radius 2 is 2.00 bits per heavy atom. The largest absolute Gasteiger partial charge is 0.493 e. The number of carbonyl (C=O) groups excluding carboxylic acids is 1. The molecule has 4 rings (SSSR count). The van der Waals surface area contributed by atoms with Crippen LogP contribution in [0, 0.1) is 0 Å². The van der Waals surface area contributed by atoms with E-state index in [2.05, 4.69) is 16.4 Å². The quantitative estimate of drug-likeness (QED) is 0.669. The molecule has 5 nitrogen and oxygen atoms in total. The van der Waals surface area contributed by atoms with Crippen LogP contribution in [0.5, 0.6) is 11.5 Å². The van der Waals surface area contributed by atoms with E-state index in [-0.39, 0.29) is 5.91 Å². The first kappa shape index (κ1) is 18.4. The second-order valence-corrected chi connectivity index (χ2v) is 7.12. The summed E-state index contributed by atoms with van der Waals surface area (Å²) in [5, 5.41) is 4.22. The van der Waals surface area contributed by atoms with Gasteiger partial charge in [-0.05, 0) is 61.9 Å². The van der Waals surface area contributed by atoms with Gasteiger partial charge in [0.05, 0.1) is 24.8 Å².